The summed E-state index contributed by atoms with van der Waals surface area (Å²) in [7, 11) is 0. The zero-order valence-electron chi connectivity index (χ0n) is 9.71. The Bertz CT molecular complexity index is 520. The Hall–Kier alpha value is -2.46. The van der Waals surface area contributed by atoms with Crippen LogP contribution >= 0.6 is 0 Å². The number of nitrogens with two attached hydrogens (primary N) is 1. The molecule has 0 saturated carbocycles. The van der Waals surface area contributed by atoms with E-state index in [1.54, 1.807) is 13.0 Å². The van der Waals surface area contributed by atoms with Gasteiger partial charge in [0, 0.05) is 24.6 Å². The quantitative estimate of drug-likeness (QED) is 0.611. The van der Waals surface area contributed by atoms with Crippen LogP contribution in [-0.2, 0) is 4.79 Å². The summed E-state index contributed by atoms with van der Waals surface area (Å²) in [5.74, 6) is -0.338. The molecule has 0 radical (unpaired) electrons. The van der Waals surface area contributed by atoms with E-state index >= 15 is 0 Å². The Balaban J connectivity index is 2.94. The van der Waals surface area contributed by atoms with Crippen LogP contribution in [0.1, 0.15) is 18.9 Å². The molecule has 1 aromatic rings. The molecule has 1 amide bonds. The number of nitro benzene ring substituents is 1. The number of nitro groups is 1. The van der Waals surface area contributed by atoms with Gasteiger partial charge >= 0.3 is 0 Å². The molecule has 0 aliphatic heterocycles. The molecule has 1 rings (SSSR count). The largest absolute Gasteiger partial charge is 0.327 e. The van der Waals surface area contributed by atoms with Crippen LogP contribution < -0.4 is 11.1 Å². The second kappa shape index (κ2) is 5.75. The fraction of sp³-hybridized carbons (Fsp3) is 0.273. The summed E-state index contributed by atoms with van der Waals surface area (Å²) in [4.78, 5) is 21.4. The number of rotatable bonds is 4. The van der Waals surface area contributed by atoms with Crippen LogP contribution in [0.2, 0.25) is 0 Å². The number of hydrogen-bond acceptors (Lipinski definition) is 5. The number of carbonyl (C=O) groups excluding carboxylic acids is 1. The van der Waals surface area contributed by atoms with Gasteiger partial charge in [-0.15, -0.1) is 0 Å². The van der Waals surface area contributed by atoms with E-state index in [-0.39, 0.29) is 35.3 Å². The van der Waals surface area contributed by atoms with Gasteiger partial charge in [0.2, 0.25) is 5.91 Å². The van der Waals surface area contributed by atoms with Crippen molar-refractivity contribution in [1.82, 2.24) is 0 Å². The van der Waals surface area contributed by atoms with E-state index in [0.717, 1.165) is 6.07 Å². The second-order valence-electron chi connectivity index (χ2n) is 3.83. The number of benzene rings is 1. The van der Waals surface area contributed by atoms with Crippen molar-refractivity contribution >= 4 is 17.3 Å². The first-order valence-corrected chi connectivity index (χ1v) is 5.18. The Morgan fingerprint density at radius 1 is 1.67 bits per heavy atom. The van der Waals surface area contributed by atoms with Gasteiger partial charge in [-0.2, -0.15) is 5.26 Å². The Morgan fingerprint density at radius 2 is 2.33 bits per heavy atom. The van der Waals surface area contributed by atoms with Crippen LogP contribution in [0.3, 0.4) is 0 Å². The lowest BCUT2D eigenvalue weighted by Crippen LogP contribution is -2.24. The maximum Gasteiger partial charge on any atom is 0.270 e. The van der Waals surface area contributed by atoms with Crippen LogP contribution in [0.15, 0.2) is 18.2 Å². The third kappa shape index (κ3) is 3.54. The van der Waals surface area contributed by atoms with Gasteiger partial charge in [0.1, 0.15) is 6.07 Å². The SMILES string of the molecule is CC(N)CC(=O)Nc1ccc([N+](=O)[O-])cc1C#N. The van der Waals surface area contributed by atoms with Gasteiger partial charge < -0.3 is 11.1 Å². The lowest BCUT2D eigenvalue weighted by molar-refractivity contribution is -0.384. The van der Waals surface area contributed by atoms with Gasteiger partial charge in [-0.25, -0.2) is 0 Å². The van der Waals surface area contributed by atoms with Crippen molar-refractivity contribution in [3.63, 3.8) is 0 Å². The fourth-order valence-electron chi connectivity index (χ4n) is 1.34. The van der Waals surface area contributed by atoms with Crippen molar-refractivity contribution < 1.29 is 9.72 Å². The zero-order chi connectivity index (χ0) is 13.7. The molecule has 0 saturated heterocycles. The molecule has 3 N–H and O–H groups in total. The molecule has 1 unspecified atom stereocenters. The van der Waals surface area contributed by atoms with Crippen molar-refractivity contribution in [3.8, 4) is 6.07 Å². The molecule has 0 aliphatic rings. The van der Waals surface area contributed by atoms with Gasteiger partial charge in [0.15, 0.2) is 0 Å². The van der Waals surface area contributed by atoms with Crippen molar-refractivity contribution in [3.05, 3.63) is 33.9 Å². The molecule has 94 valence electrons. The van der Waals surface area contributed by atoms with Gasteiger partial charge in [-0.3, -0.25) is 14.9 Å². The first kappa shape index (κ1) is 13.6. The van der Waals surface area contributed by atoms with E-state index in [1.807, 2.05) is 0 Å². The van der Waals surface area contributed by atoms with Gasteiger partial charge in [0.05, 0.1) is 16.2 Å². The minimum absolute atomic E-state index is 0.0437. The second-order valence-corrected chi connectivity index (χ2v) is 3.83. The van der Waals surface area contributed by atoms with E-state index in [2.05, 4.69) is 5.32 Å². The number of non-ortho nitro benzene ring substituents is 1. The molecule has 1 aromatic carbocycles. The highest BCUT2D eigenvalue weighted by Gasteiger charge is 2.13. The van der Waals surface area contributed by atoms with Gasteiger partial charge in [-0.05, 0) is 13.0 Å². The summed E-state index contributed by atoms with van der Waals surface area (Å²) in [6.07, 6.45) is 0.113. The average Bonchev–Trinajstić information content (AvgIpc) is 2.27. The summed E-state index contributed by atoms with van der Waals surface area (Å²) in [5, 5.41) is 21.9. The molecule has 0 spiro atoms. The topological polar surface area (TPSA) is 122 Å². The number of amides is 1. The van der Waals surface area contributed by atoms with Crippen LogP contribution in [0.5, 0.6) is 0 Å². The zero-order valence-corrected chi connectivity index (χ0v) is 9.71. The van der Waals surface area contributed by atoms with Crippen molar-refractivity contribution in [1.29, 1.82) is 5.26 Å². The monoisotopic (exact) mass is 248 g/mol. The highest BCUT2D eigenvalue weighted by atomic mass is 16.6. The minimum Gasteiger partial charge on any atom is -0.327 e. The molecule has 0 bridgehead atoms. The molecule has 0 aromatic heterocycles. The molecular weight excluding hydrogens is 236 g/mol. The minimum atomic E-state index is -0.603. The van der Waals surface area contributed by atoms with Crippen LogP contribution in [0, 0.1) is 21.4 Å². The highest BCUT2D eigenvalue weighted by Crippen LogP contribution is 2.21. The maximum absolute atomic E-state index is 11.5. The standard InChI is InChI=1S/C11H12N4O3/c1-7(13)4-11(16)14-10-3-2-9(15(17)18)5-8(10)6-12/h2-3,5,7H,4,13H2,1H3,(H,14,16). The van der Waals surface area contributed by atoms with E-state index in [1.165, 1.54) is 12.1 Å². The summed E-state index contributed by atoms with van der Waals surface area (Å²) in [6, 6.07) is 5.17. The first-order chi connectivity index (χ1) is 8.43. The first-order valence-electron chi connectivity index (χ1n) is 5.18. The number of nitrogens with one attached hydrogen (secondary N) is 1. The highest BCUT2D eigenvalue weighted by molar-refractivity contribution is 5.92. The summed E-state index contributed by atoms with van der Waals surface area (Å²) in [6.45, 7) is 1.68. The smallest absolute Gasteiger partial charge is 0.270 e. The third-order valence-corrected chi connectivity index (χ3v) is 2.12. The Morgan fingerprint density at radius 3 is 2.83 bits per heavy atom. The normalized spacial score (nSPS) is 11.4. The average molecular weight is 248 g/mol. The lowest BCUT2D eigenvalue weighted by atomic mass is 10.1. The van der Waals surface area contributed by atoms with Crippen LogP contribution in [0.25, 0.3) is 0 Å². The molecule has 7 heteroatoms. The van der Waals surface area contributed by atoms with E-state index in [4.69, 9.17) is 11.0 Å². The summed E-state index contributed by atoms with van der Waals surface area (Å²) < 4.78 is 0. The molecule has 1 atom stereocenters. The van der Waals surface area contributed by atoms with E-state index in [0.29, 0.717) is 0 Å². The lowest BCUT2D eigenvalue weighted by Gasteiger charge is -2.08. The van der Waals surface area contributed by atoms with Crippen molar-refractivity contribution in [2.75, 3.05) is 5.32 Å². The molecular formula is C11H12N4O3. The molecule has 7 nitrogen and oxygen atoms in total. The number of hydrogen-bond donors (Lipinski definition) is 2. The van der Waals surface area contributed by atoms with E-state index < -0.39 is 4.92 Å². The predicted octanol–water partition coefficient (Wildman–Crippen LogP) is 1.14. The van der Waals surface area contributed by atoms with Gasteiger partial charge in [0.25, 0.3) is 5.69 Å². The fourth-order valence-corrected chi connectivity index (χ4v) is 1.34. The maximum atomic E-state index is 11.5. The predicted molar refractivity (Wildman–Crippen MR) is 64.7 cm³/mol. The Kier molecular flexibility index (Phi) is 4.34. The van der Waals surface area contributed by atoms with Crippen molar-refractivity contribution in [2.24, 2.45) is 5.73 Å². The number of carbonyl (C=O) groups is 1. The van der Waals surface area contributed by atoms with Crippen molar-refractivity contribution in [2.45, 2.75) is 19.4 Å². The molecule has 0 fully saturated rings. The molecule has 0 aliphatic carbocycles. The number of nitrogens with zero attached hydrogens (tertiary/aromatic N) is 2. The summed E-state index contributed by atoms with van der Waals surface area (Å²) >= 11 is 0. The summed E-state index contributed by atoms with van der Waals surface area (Å²) in [5.41, 5.74) is 5.56. The molecule has 0 heterocycles. The number of anilines is 1. The molecule has 18 heavy (non-hydrogen) atoms. The number of nitriles is 1. The van der Waals surface area contributed by atoms with Crippen LogP contribution in [-0.4, -0.2) is 16.9 Å². The van der Waals surface area contributed by atoms with Crippen LogP contribution in [0.4, 0.5) is 11.4 Å². The van der Waals surface area contributed by atoms with Gasteiger partial charge in [-0.1, -0.05) is 0 Å². The van der Waals surface area contributed by atoms with E-state index in [9.17, 15) is 14.9 Å². The Labute approximate surface area is 103 Å². The third-order valence-electron chi connectivity index (χ3n) is 2.12.